The summed E-state index contributed by atoms with van der Waals surface area (Å²) in [5, 5.41) is -0.375. The van der Waals surface area contributed by atoms with Gasteiger partial charge >= 0.3 is 0 Å². The molecule has 86 valence electrons. The summed E-state index contributed by atoms with van der Waals surface area (Å²) in [5.74, 6) is -0.252. The number of hydrogen-bond donors (Lipinski definition) is 0. The largest absolute Gasteiger partial charge is 0.281 e. The van der Waals surface area contributed by atoms with E-state index in [2.05, 4.69) is 0 Å². The molecule has 0 atom stereocenters. The Morgan fingerprint density at radius 2 is 1.41 bits per heavy atom. The molecule has 0 aromatic heterocycles. The maximum Gasteiger partial charge on any atom is 0.226 e. The second-order valence-electron chi connectivity index (χ2n) is 3.74. The van der Waals surface area contributed by atoms with Gasteiger partial charge in [-0.05, 0) is 40.4 Å². The van der Waals surface area contributed by atoms with Crippen molar-refractivity contribution in [3.05, 3.63) is 59.9 Å². The maximum absolute atomic E-state index is 12.8. The Morgan fingerprint density at radius 3 is 1.88 bits per heavy atom. The average Bonchev–Trinajstić information content (AvgIpc) is 2.30. The van der Waals surface area contributed by atoms with Crippen molar-refractivity contribution in [2.75, 3.05) is 0 Å². The third-order valence-corrected chi connectivity index (χ3v) is 2.61. The molecule has 0 spiro atoms. The minimum atomic E-state index is -0.375. The lowest BCUT2D eigenvalue weighted by atomic mass is 10.0. The van der Waals surface area contributed by atoms with E-state index in [9.17, 15) is 9.18 Å². The van der Waals surface area contributed by atoms with Crippen LogP contribution in [0.4, 0.5) is 4.39 Å². The average molecular weight is 249 g/mol. The van der Waals surface area contributed by atoms with E-state index >= 15 is 0 Å². The van der Waals surface area contributed by atoms with Crippen LogP contribution in [0.15, 0.2) is 48.5 Å². The van der Waals surface area contributed by atoms with Gasteiger partial charge in [-0.25, -0.2) is 4.39 Å². The van der Waals surface area contributed by atoms with Crippen molar-refractivity contribution in [2.24, 2.45) is 0 Å². The molecular weight excluding hydrogens is 239 g/mol. The van der Waals surface area contributed by atoms with Crippen LogP contribution in [-0.2, 0) is 11.2 Å². The molecule has 0 fully saturated rings. The fraction of sp³-hybridized carbons (Fsp3) is 0.0714. The van der Waals surface area contributed by atoms with Crippen LogP contribution < -0.4 is 0 Å². The lowest BCUT2D eigenvalue weighted by Crippen LogP contribution is -1.92. The molecule has 2 aromatic rings. The fourth-order valence-corrected chi connectivity index (χ4v) is 1.77. The SMILES string of the molecule is O=C(Cl)Cc1ccc(-c2ccc(F)cc2)cc1. The highest BCUT2D eigenvalue weighted by molar-refractivity contribution is 6.63. The summed E-state index contributed by atoms with van der Waals surface area (Å²) in [7, 11) is 0. The molecule has 0 saturated carbocycles. The summed E-state index contributed by atoms with van der Waals surface area (Å²) in [6.07, 6.45) is 0.227. The van der Waals surface area contributed by atoms with Gasteiger partial charge in [-0.3, -0.25) is 4.79 Å². The highest BCUT2D eigenvalue weighted by atomic mass is 35.5. The van der Waals surface area contributed by atoms with E-state index in [1.165, 1.54) is 12.1 Å². The minimum Gasteiger partial charge on any atom is -0.281 e. The smallest absolute Gasteiger partial charge is 0.226 e. The summed E-state index contributed by atoms with van der Waals surface area (Å²) < 4.78 is 12.8. The number of rotatable bonds is 3. The van der Waals surface area contributed by atoms with Crippen molar-refractivity contribution < 1.29 is 9.18 Å². The van der Waals surface area contributed by atoms with Crippen molar-refractivity contribution in [1.29, 1.82) is 0 Å². The van der Waals surface area contributed by atoms with Crippen LogP contribution in [0, 0.1) is 5.82 Å². The Balaban J connectivity index is 2.23. The molecule has 1 nitrogen and oxygen atoms in total. The second-order valence-corrected chi connectivity index (χ2v) is 4.16. The Labute approximate surface area is 104 Å². The Hall–Kier alpha value is -1.67. The molecule has 0 aliphatic carbocycles. The zero-order chi connectivity index (χ0) is 12.3. The third kappa shape index (κ3) is 3.14. The molecule has 0 aliphatic heterocycles. The predicted molar refractivity (Wildman–Crippen MR) is 66.4 cm³/mol. The zero-order valence-electron chi connectivity index (χ0n) is 8.99. The molecule has 0 radical (unpaired) electrons. The molecule has 3 heteroatoms. The van der Waals surface area contributed by atoms with Gasteiger partial charge < -0.3 is 0 Å². The van der Waals surface area contributed by atoms with Crippen LogP contribution in [0.5, 0.6) is 0 Å². The molecule has 0 amide bonds. The summed E-state index contributed by atoms with van der Waals surface area (Å²) in [6.45, 7) is 0. The van der Waals surface area contributed by atoms with Crippen molar-refractivity contribution in [1.82, 2.24) is 0 Å². The first-order valence-corrected chi connectivity index (χ1v) is 5.56. The molecule has 2 rings (SSSR count). The number of benzene rings is 2. The van der Waals surface area contributed by atoms with Gasteiger partial charge in [0.15, 0.2) is 0 Å². The van der Waals surface area contributed by atoms with Gasteiger partial charge in [0.25, 0.3) is 0 Å². The lowest BCUT2D eigenvalue weighted by Gasteiger charge is -2.03. The number of halogens is 2. The first-order valence-electron chi connectivity index (χ1n) is 5.18. The Kier molecular flexibility index (Phi) is 3.55. The third-order valence-electron chi connectivity index (χ3n) is 2.47. The van der Waals surface area contributed by atoms with Gasteiger partial charge in [0.1, 0.15) is 5.82 Å². The maximum atomic E-state index is 12.8. The molecule has 0 saturated heterocycles. The number of carbonyl (C=O) groups excluding carboxylic acids is 1. The van der Waals surface area contributed by atoms with Crippen LogP contribution in [-0.4, -0.2) is 5.24 Å². The van der Waals surface area contributed by atoms with E-state index in [1.807, 2.05) is 24.3 Å². The van der Waals surface area contributed by atoms with E-state index in [1.54, 1.807) is 12.1 Å². The molecular formula is C14H10ClFO. The predicted octanol–water partition coefficient (Wildman–Crippen LogP) is 3.80. The van der Waals surface area contributed by atoms with E-state index < -0.39 is 0 Å². The minimum absolute atomic E-state index is 0.227. The quantitative estimate of drug-likeness (QED) is 0.755. The summed E-state index contributed by atoms with van der Waals surface area (Å²) in [5.41, 5.74) is 2.79. The van der Waals surface area contributed by atoms with Gasteiger partial charge in [0, 0.05) is 6.42 Å². The zero-order valence-corrected chi connectivity index (χ0v) is 9.75. The van der Waals surface area contributed by atoms with Gasteiger partial charge in [0.05, 0.1) is 0 Å². The second kappa shape index (κ2) is 5.11. The Bertz CT molecular complexity index is 517. The highest BCUT2D eigenvalue weighted by Crippen LogP contribution is 2.20. The lowest BCUT2D eigenvalue weighted by molar-refractivity contribution is -0.111. The summed E-state index contributed by atoms with van der Waals surface area (Å²) in [4.78, 5) is 10.7. The van der Waals surface area contributed by atoms with Crippen molar-refractivity contribution >= 4 is 16.8 Å². The van der Waals surface area contributed by atoms with Crippen LogP contribution in [0.2, 0.25) is 0 Å². The van der Waals surface area contributed by atoms with Gasteiger partial charge in [-0.2, -0.15) is 0 Å². The molecule has 0 N–H and O–H groups in total. The number of hydrogen-bond acceptors (Lipinski definition) is 1. The first-order chi connectivity index (χ1) is 8.15. The van der Waals surface area contributed by atoms with Crippen molar-refractivity contribution in [3.8, 4) is 11.1 Å². The van der Waals surface area contributed by atoms with E-state index in [0.717, 1.165) is 16.7 Å². The molecule has 0 heterocycles. The van der Waals surface area contributed by atoms with Gasteiger partial charge in [0.2, 0.25) is 5.24 Å². The highest BCUT2D eigenvalue weighted by Gasteiger charge is 2.01. The van der Waals surface area contributed by atoms with E-state index in [4.69, 9.17) is 11.6 Å². The standard InChI is InChI=1S/C14H10ClFO/c15-14(17)9-10-1-3-11(4-2-10)12-5-7-13(16)8-6-12/h1-8H,9H2. The van der Waals surface area contributed by atoms with E-state index in [0.29, 0.717) is 0 Å². The molecule has 0 unspecified atom stereocenters. The topological polar surface area (TPSA) is 17.1 Å². The van der Waals surface area contributed by atoms with Crippen molar-refractivity contribution in [2.45, 2.75) is 6.42 Å². The molecule has 17 heavy (non-hydrogen) atoms. The van der Waals surface area contributed by atoms with Crippen LogP contribution in [0.3, 0.4) is 0 Å². The number of carbonyl (C=O) groups is 1. The first kappa shape index (κ1) is 11.8. The summed E-state index contributed by atoms with van der Waals surface area (Å²) in [6, 6.07) is 13.8. The van der Waals surface area contributed by atoms with Crippen LogP contribution >= 0.6 is 11.6 Å². The Morgan fingerprint density at radius 1 is 0.941 bits per heavy atom. The van der Waals surface area contributed by atoms with Gasteiger partial charge in [-0.1, -0.05) is 36.4 Å². The van der Waals surface area contributed by atoms with E-state index in [-0.39, 0.29) is 17.5 Å². The van der Waals surface area contributed by atoms with Crippen LogP contribution in [0.25, 0.3) is 11.1 Å². The van der Waals surface area contributed by atoms with Crippen LogP contribution in [0.1, 0.15) is 5.56 Å². The molecule has 0 aliphatic rings. The normalized spacial score (nSPS) is 10.2. The van der Waals surface area contributed by atoms with Gasteiger partial charge in [-0.15, -0.1) is 0 Å². The molecule has 0 bridgehead atoms. The summed E-state index contributed by atoms with van der Waals surface area (Å²) >= 11 is 5.31. The molecule has 2 aromatic carbocycles. The fourth-order valence-electron chi connectivity index (χ4n) is 1.62. The monoisotopic (exact) mass is 248 g/mol. The van der Waals surface area contributed by atoms with Crippen molar-refractivity contribution in [3.63, 3.8) is 0 Å².